The van der Waals surface area contributed by atoms with Gasteiger partial charge in [-0.1, -0.05) is 67.1 Å². The Balaban J connectivity index is 1.61. The first kappa shape index (κ1) is 11.9. The van der Waals surface area contributed by atoms with Crippen molar-refractivity contribution in [2.24, 2.45) is 0 Å². The van der Waals surface area contributed by atoms with E-state index in [2.05, 4.69) is 67.1 Å². The number of rotatable bonds is 6. The van der Waals surface area contributed by atoms with Gasteiger partial charge in [-0.3, -0.25) is 0 Å². The molecule has 0 saturated carbocycles. The molecule has 2 rings (SSSR count). The molecule has 2 aromatic carbocycles. The lowest BCUT2D eigenvalue weighted by Crippen LogP contribution is -1.86. The summed E-state index contributed by atoms with van der Waals surface area (Å²) >= 11 is 0. The van der Waals surface area contributed by atoms with Gasteiger partial charge >= 0.3 is 0 Å². The van der Waals surface area contributed by atoms with E-state index in [1.807, 2.05) is 0 Å². The van der Waals surface area contributed by atoms with Crippen molar-refractivity contribution in [3.05, 3.63) is 78.2 Å². The fraction of sp³-hybridized carbons (Fsp3) is 0.235. The fourth-order valence-corrected chi connectivity index (χ4v) is 1.98. The summed E-state index contributed by atoms with van der Waals surface area (Å²) in [7, 11) is 0. The zero-order valence-electron chi connectivity index (χ0n) is 10.2. The SMILES string of the molecule is [CH](CCCCc1ccccc1)c1ccccc1. The molecular weight excluding hydrogens is 204 g/mol. The largest absolute Gasteiger partial charge is 0.0622 e. The van der Waals surface area contributed by atoms with Crippen LogP contribution in [0.15, 0.2) is 60.7 Å². The molecule has 0 aliphatic heterocycles. The van der Waals surface area contributed by atoms with Crippen molar-refractivity contribution in [3.8, 4) is 0 Å². The summed E-state index contributed by atoms with van der Waals surface area (Å²) in [5.74, 6) is 0. The molecule has 0 bridgehead atoms. The molecule has 0 atom stereocenters. The van der Waals surface area contributed by atoms with Crippen LogP contribution in [-0.4, -0.2) is 0 Å². The topological polar surface area (TPSA) is 0 Å². The number of aryl methyl sites for hydroxylation is 1. The molecule has 0 unspecified atom stereocenters. The van der Waals surface area contributed by atoms with Crippen molar-refractivity contribution in [3.63, 3.8) is 0 Å². The van der Waals surface area contributed by atoms with Crippen LogP contribution in [-0.2, 0) is 6.42 Å². The third-order valence-electron chi connectivity index (χ3n) is 2.94. The highest BCUT2D eigenvalue weighted by Gasteiger charge is 1.94. The molecule has 87 valence electrons. The quantitative estimate of drug-likeness (QED) is 0.625. The minimum atomic E-state index is 1.18. The van der Waals surface area contributed by atoms with E-state index in [-0.39, 0.29) is 0 Å². The molecule has 0 fully saturated rings. The van der Waals surface area contributed by atoms with Crippen LogP contribution in [0.4, 0.5) is 0 Å². The van der Waals surface area contributed by atoms with Crippen molar-refractivity contribution in [2.75, 3.05) is 0 Å². The highest BCUT2D eigenvalue weighted by molar-refractivity contribution is 5.22. The summed E-state index contributed by atoms with van der Waals surface area (Å²) < 4.78 is 0. The molecular formula is C17H19. The van der Waals surface area contributed by atoms with Crippen LogP contribution in [0, 0.1) is 6.42 Å². The Labute approximate surface area is 104 Å². The normalized spacial score (nSPS) is 10.4. The van der Waals surface area contributed by atoms with E-state index in [0.717, 1.165) is 0 Å². The Bertz CT molecular complexity index is 361. The highest BCUT2D eigenvalue weighted by Crippen LogP contribution is 2.11. The minimum absolute atomic E-state index is 1.18. The van der Waals surface area contributed by atoms with Gasteiger partial charge in [-0.25, -0.2) is 0 Å². The third kappa shape index (κ3) is 4.44. The van der Waals surface area contributed by atoms with Crippen LogP contribution in [0.5, 0.6) is 0 Å². The average Bonchev–Trinajstić information content (AvgIpc) is 2.41. The Morgan fingerprint density at radius 3 is 2.06 bits per heavy atom. The van der Waals surface area contributed by atoms with Gasteiger partial charge < -0.3 is 0 Å². The molecule has 0 spiro atoms. The summed E-state index contributed by atoms with van der Waals surface area (Å²) in [5, 5.41) is 0. The third-order valence-corrected chi connectivity index (χ3v) is 2.94. The van der Waals surface area contributed by atoms with Crippen LogP contribution < -0.4 is 0 Å². The zero-order chi connectivity index (χ0) is 11.8. The van der Waals surface area contributed by atoms with Crippen molar-refractivity contribution < 1.29 is 0 Å². The molecule has 0 aliphatic rings. The second-order valence-corrected chi connectivity index (χ2v) is 4.35. The van der Waals surface area contributed by atoms with Gasteiger partial charge in [-0.05, 0) is 36.8 Å². The van der Waals surface area contributed by atoms with Crippen molar-refractivity contribution in [1.82, 2.24) is 0 Å². The molecule has 0 nitrogen and oxygen atoms in total. The number of unbranched alkanes of at least 4 members (excludes halogenated alkanes) is 2. The van der Waals surface area contributed by atoms with Crippen LogP contribution in [0.2, 0.25) is 0 Å². The molecule has 1 radical (unpaired) electrons. The molecule has 0 aromatic heterocycles. The van der Waals surface area contributed by atoms with E-state index in [4.69, 9.17) is 0 Å². The molecule has 0 N–H and O–H groups in total. The monoisotopic (exact) mass is 223 g/mol. The lowest BCUT2D eigenvalue weighted by molar-refractivity contribution is 0.731. The number of benzene rings is 2. The van der Waals surface area contributed by atoms with Crippen LogP contribution in [0.25, 0.3) is 0 Å². The number of hydrogen-bond donors (Lipinski definition) is 0. The maximum atomic E-state index is 2.32. The first-order valence-corrected chi connectivity index (χ1v) is 6.37. The van der Waals surface area contributed by atoms with E-state index in [0.29, 0.717) is 0 Å². The van der Waals surface area contributed by atoms with Crippen LogP contribution in [0.3, 0.4) is 0 Å². The van der Waals surface area contributed by atoms with E-state index in [1.165, 1.54) is 36.8 Å². The zero-order valence-corrected chi connectivity index (χ0v) is 10.2. The Morgan fingerprint density at radius 2 is 1.35 bits per heavy atom. The summed E-state index contributed by atoms with van der Waals surface area (Å²) in [6.45, 7) is 0. The predicted octanol–water partition coefficient (Wildman–Crippen LogP) is 4.65. The molecule has 2 aromatic rings. The second-order valence-electron chi connectivity index (χ2n) is 4.35. The maximum absolute atomic E-state index is 2.32. The van der Waals surface area contributed by atoms with E-state index >= 15 is 0 Å². The van der Waals surface area contributed by atoms with Gasteiger partial charge in [0.25, 0.3) is 0 Å². The van der Waals surface area contributed by atoms with Gasteiger partial charge in [-0.2, -0.15) is 0 Å². The lowest BCUT2D eigenvalue weighted by atomic mass is 10.0. The summed E-state index contributed by atoms with van der Waals surface area (Å²) in [6, 6.07) is 21.3. The second kappa shape index (κ2) is 6.90. The fourth-order valence-electron chi connectivity index (χ4n) is 1.98. The van der Waals surface area contributed by atoms with Gasteiger partial charge in [0.15, 0.2) is 0 Å². The molecule has 0 heteroatoms. The highest BCUT2D eigenvalue weighted by atomic mass is 14.0. The smallest absolute Gasteiger partial charge is 0.00931 e. The maximum Gasteiger partial charge on any atom is -0.00931 e. The van der Waals surface area contributed by atoms with Gasteiger partial charge in [0.2, 0.25) is 0 Å². The van der Waals surface area contributed by atoms with Crippen LogP contribution in [0.1, 0.15) is 30.4 Å². The summed E-state index contributed by atoms with van der Waals surface area (Å²) in [5.41, 5.74) is 2.79. The Morgan fingerprint density at radius 1 is 0.706 bits per heavy atom. The van der Waals surface area contributed by atoms with Gasteiger partial charge in [0, 0.05) is 0 Å². The van der Waals surface area contributed by atoms with Gasteiger partial charge in [0.05, 0.1) is 0 Å². The lowest BCUT2D eigenvalue weighted by Gasteiger charge is -2.02. The average molecular weight is 223 g/mol. The first-order valence-electron chi connectivity index (χ1n) is 6.37. The summed E-state index contributed by atoms with van der Waals surface area (Å²) in [4.78, 5) is 0. The molecule has 0 amide bonds. The minimum Gasteiger partial charge on any atom is -0.0622 e. The molecule has 0 saturated heterocycles. The van der Waals surface area contributed by atoms with Crippen LogP contribution >= 0.6 is 0 Å². The molecule has 0 aliphatic carbocycles. The standard InChI is InChI=1S/C17H19/c1-4-10-16(11-5-1)14-8-3-9-15-17-12-6-2-7-13-17/h1-2,4-7,10-14H,3,8-9,15H2. The number of hydrogen-bond acceptors (Lipinski definition) is 0. The van der Waals surface area contributed by atoms with Gasteiger partial charge in [0.1, 0.15) is 0 Å². The Kier molecular flexibility index (Phi) is 4.84. The van der Waals surface area contributed by atoms with Crippen molar-refractivity contribution in [2.45, 2.75) is 25.7 Å². The van der Waals surface area contributed by atoms with Crippen molar-refractivity contribution in [1.29, 1.82) is 0 Å². The van der Waals surface area contributed by atoms with Gasteiger partial charge in [-0.15, -0.1) is 0 Å². The summed E-state index contributed by atoms with van der Waals surface area (Å²) in [6.07, 6.45) is 7.24. The Hall–Kier alpha value is -1.56. The predicted molar refractivity (Wildman–Crippen MR) is 73.8 cm³/mol. The first-order chi connectivity index (χ1) is 8.45. The molecule has 0 heterocycles. The van der Waals surface area contributed by atoms with Crippen molar-refractivity contribution >= 4 is 0 Å². The molecule has 17 heavy (non-hydrogen) atoms. The van der Waals surface area contributed by atoms with E-state index < -0.39 is 0 Å². The van der Waals surface area contributed by atoms with E-state index in [1.54, 1.807) is 0 Å². The van der Waals surface area contributed by atoms with E-state index in [9.17, 15) is 0 Å².